The molecule has 2 heterocycles. The number of methoxy groups -OCH3 is 1. The Bertz CT molecular complexity index is 863. The molecule has 0 fully saturated rings. The molecule has 0 saturated carbocycles. The first-order chi connectivity index (χ1) is 11.0. The van der Waals surface area contributed by atoms with Crippen LogP contribution in [0.5, 0.6) is 5.75 Å². The molecule has 0 bridgehead atoms. The summed E-state index contributed by atoms with van der Waals surface area (Å²) >= 11 is 1.51. The molecule has 0 radical (unpaired) electrons. The normalized spacial score (nSPS) is 10.7. The predicted molar refractivity (Wildman–Crippen MR) is 89.8 cm³/mol. The van der Waals surface area contributed by atoms with Crippen LogP contribution in [0.2, 0.25) is 0 Å². The van der Waals surface area contributed by atoms with Gasteiger partial charge in [-0.05, 0) is 43.7 Å². The zero-order valence-electron chi connectivity index (χ0n) is 13.0. The fraction of sp³-hybridized carbons (Fsp3) is 0.176. The van der Waals surface area contributed by atoms with E-state index in [-0.39, 0.29) is 11.7 Å². The zero-order valence-corrected chi connectivity index (χ0v) is 13.8. The summed E-state index contributed by atoms with van der Waals surface area (Å²) in [6.45, 7) is 3.72. The number of rotatable bonds is 3. The molecular weight excluding hydrogens is 312 g/mol. The van der Waals surface area contributed by atoms with Crippen molar-refractivity contribution in [3.8, 4) is 27.7 Å². The standard InChI is InChI=1S/C17H16N2O3S/c1-9-14(17(21)22-3)10(2)18-15(9)13-8-23-16(19-13)11-4-6-12(20)7-5-11/h4-8,18,20H,1-3H3. The van der Waals surface area contributed by atoms with Crippen LogP contribution in [0.15, 0.2) is 29.6 Å². The number of carbonyl (C=O) groups excluding carboxylic acids is 1. The van der Waals surface area contributed by atoms with E-state index >= 15 is 0 Å². The van der Waals surface area contributed by atoms with E-state index in [4.69, 9.17) is 4.74 Å². The smallest absolute Gasteiger partial charge is 0.339 e. The van der Waals surface area contributed by atoms with Crippen molar-refractivity contribution in [2.75, 3.05) is 7.11 Å². The van der Waals surface area contributed by atoms with E-state index in [1.807, 2.05) is 31.4 Å². The highest BCUT2D eigenvalue weighted by Gasteiger charge is 2.21. The molecule has 118 valence electrons. The summed E-state index contributed by atoms with van der Waals surface area (Å²) < 4.78 is 4.83. The Hall–Kier alpha value is -2.60. The van der Waals surface area contributed by atoms with E-state index in [0.717, 1.165) is 33.2 Å². The lowest BCUT2D eigenvalue weighted by Gasteiger charge is -1.99. The first kappa shape index (κ1) is 15.3. The summed E-state index contributed by atoms with van der Waals surface area (Å²) in [5.41, 5.74) is 4.70. The van der Waals surface area contributed by atoms with Crippen LogP contribution in [0, 0.1) is 13.8 Å². The maximum atomic E-state index is 11.9. The molecule has 2 N–H and O–H groups in total. The van der Waals surface area contributed by atoms with E-state index in [1.165, 1.54) is 18.4 Å². The molecule has 23 heavy (non-hydrogen) atoms. The summed E-state index contributed by atoms with van der Waals surface area (Å²) in [5.74, 6) is -0.124. The van der Waals surface area contributed by atoms with Crippen LogP contribution in [0.4, 0.5) is 0 Å². The molecule has 0 spiro atoms. The lowest BCUT2D eigenvalue weighted by molar-refractivity contribution is 0.0599. The number of benzene rings is 1. The second-order valence-corrected chi connectivity index (χ2v) is 6.06. The maximum absolute atomic E-state index is 11.9. The zero-order chi connectivity index (χ0) is 16.6. The van der Waals surface area contributed by atoms with Crippen molar-refractivity contribution in [2.24, 2.45) is 0 Å². The van der Waals surface area contributed by atoms with Crippen LogP contribution in [-0.2, 0) is 4.74 Å². The summed E-state index contributed by atoms with van der Waals surface area (Å²) in [6.07, 6.45) is 0. The second-order valence-electron chi connectivity index (χ2n) is 5.20. The number of aromatic amines is 1. The molecule has 6 heteroatoms. The Morgan fingerprint density at radius 1 is 1.26 bits per heavy atom. The van der Waals surface area contributed by atoms with Gasteiger partial charge in [0.15, 0.2) is 0 Å². The fourth-order valence-corrected chi connectivity index (χ4v) is 3.36. The number of ether oxygens (including phenoxy) is 1. The molecular formula is C17H16N2O3S. The molecule has 3 aromatic rings. The molecule has 5 nitrogen and oxygen atoms in total. The number of aromatic nitrogens is 2. The van der Waals surface area contributed by atoms with Gasteiger partial charge in [-0.15, -0.1) is 11.3 Å². The van der Waals surface area contributed by atoms with Crippen molar-refractivity contribution in [3.63, 3.8) is 0 Å². The minimum atomic E-state index is -0.350. The molecule has 0 amide bonds. The Labute approximate surface area is 137 Å². The summed E-state index contributed by atoms with van der Waals surface area (Å²) in [7, 11) is 1.37. The van der Waals surface area contributed by atoms with Gasteiger partial charge in [0.2, 0.25) is 0 Å². The number of carbonyl (C=O) groups is 1. The lowest BCUT2D eigenvalue weighted by atomic mass is 10.1. The highest BCUT2D eigenvalue weighted by molar-refractivity contribution is 7.13. The largest absolute Gasteiger partial charge is 0.508 e. The highest BCUT2D eigenvalue weighted by Crippen LogP contribution is 2.32. The van der Waals surface area contributed by atoms with Crippen molar-refractivity contribution in [2.45, 2.75) is 13.8 Å². The van der Waals surface area contributed by atoms with Gasteiger partial charge in [-0.2, -0.15) is 0 Å². The number of phenolic OH excluding ortho intramolecular Hbond substituents is 1. The predicted octanol–water partition coefficient (Wildman–Crippen LogP) is 3.91. The number of hydrogen-bond acceptors (Lipinski definition) is 5. The first-order valence-electron chi connectivity index (χ1n) is 7.04. The topological polar surface area (TPSA) is 75.2 Å². The minimum absolute atomic E-state index is 0.226. The third kappa shape index (κ3) is 2.73. The molecule has 3 rings (SSSR count). The number of phenols is 1. The van der Waals surface area contributed by atoms with Crippen molar-refractivity contribution in [3.05, 3.63) is 46.5 Å². The fourth-order valence-electron chi connectivity index (χ4n) is 2.54. The number of nitrogens with one attached hydrogen (secondary N) is 1. The van der Waals surface area contributed by atoms with Crippen LogP contribution in [0.1, 0.15) is 21.6 Å². The van der Waals surface area contributed by atoms with Gasteiger partial charge < -0.3 is 14.8 Å². The van der Waals surface area contributed by atoms with Gasteiger partial charge in [0.05, 0.1) is 24.1 Å². The Morgan fingerprint density at radius 3 is 2.61 bits per heavy atom. The van der Waals surface area contributed by atoms with Gasteiger partial charge in [-0.3, -0.25) is 0 Å². The van der Waals surface area contributed by atoms with Gasteiger partial charge in [-0.25, -0.2) is 9.78 Å². The van der Waals surface area contributed by atoms with Crippen molar-refractivity contribution >= 4 is 17.3 Å². The number of nitrogens with zero attached hydrogens (tertiary/aromatic N) is 1. The van der Waals surface area contributed by atoms with Gasteiger partial charge in [0.25, 0.3) is 0 Å². The van der Waals surface area contributed by atoms with Gasteiger partial charge in [0.1, 0.15) is 10.8 Å². The third-order valence-corrected chi connectivity index (χ3v) is 4.59. The highest BCUT2D eigenvalue weighted by atomic mass is 32.1. The Balaban J connectivity index is 2.01. The van der Waals surface area contributed by atoms with E-state index in [2.05, 4.69) is 9.97 Å². The van der Waals surface area contributed by atoms with E-state index in [9.17, 15) is 9.90 Å². The van der Waals surface area contributed by atoms with Crippen molar-refractivity contribution < 1.29 is 14.6 Å². The number of esters is 1. The second kappa shape index (κ2) is 5.89. The third-order valence-electron chi connectivity index (χ3n) is 3.70. The summed E-state index contributed by atoms with van der Waals surface area (Å²) in [6, 6.07) is 6.92. The van der Waals surface area contributed by atoms with E-state index < -0.39 is 0 Å². The van der Waals surface area contributed by atoms with Crippen LogP contribution in [0.3, 0.4) is 0 Å². The van der Waals surface area contributed by atoms with Crippen LogP contribution in [0.25, 0.3) is 22.0 Å². The molecule has 0 atom stereocenters. The summed E-state index contributed by atoms with van der Waals surface area (Å²) in [4.78, 5) is 19.7. The molecule has 0 aliphatic rings. The van der Waals surface area contributed by atoms with E-state index in [1.54, 1.807) is 12.1 Å². The monoisotopic (exact) mass is 328 g/mol. The molecule has 0 saturated heterocycles. The summed E-state index contributed by atoms with van der Waals surface area (Å²) in [5, 5.41) is 12.2. The average molecular weight is 328 g/mol. The van der Waals surface area contributed by atoms with Crippen molar-refractivity contribution in [1.82, 2.24) is 9.97 Å². The number of aryl methyl sites for hydroxylation is 1. The quantitative estimate of drug-likeness (QED) is 0.715. The molecule has 1 aromatic carbocycles. The van der Waals surface area contributed by atoms with Crippen LogP contribution < -0.4 is 0 Å². The number of hydrogen-bond donors (Lipinski definition) is 2. The lowest BCUT2D eigenvalue weighted by Crippen LogP contribution is -2.03. The van der Waals surface area contributed by atoms with Gasteiger partial charge in [-0.1, -0.05) is 0 Å². The molecule has 0 aliphatic heterocycles. The SMILES string of the molecule is COC(=O)c1c(C)[nH]c(-c2csc(-c3ccc(O)cc3)n2)c1C. The van der Waals surface area contributed by atoms with E-state index in [0.29, 0.717) is 5.56 Å². The number of aromatic hydroxyl groups is 1. The number of thiazole rings is 1. The molecule has 2 aromatic heterocycles. The van der Waals surface area contributed by atoms with Crippen molar-refractivity contribution in [1.29, 1.82) is 0 Å². The van der Waals surface area contributed by atoms with Gasteiger partial charge in [0, 0.05) is 16.6 Å². The average Bonchev–Trinajstić information content (AvgIpc) is 3.12. The maximum Gasteiger partial charge on any atom is 0.339 e. The Kier molecular flexibility index (Phi) is 3.92. The molecule has 0 aliphatic carbocycles. The van der Waals surface area contributed by atoms with Crippen LogP contribution >= 0.6 is 11.3 Å². The van der Waals surface area contributed by atoms with Crippen LogP contribution in [-0.4, -0.2) is 28.2 Å². The molecule has 0 unspecified atom stereocenters. The Morgan fingerprint density at radius 2 is 1.96 bits per heavy atom. The first-order valence-corrected chi connectivity index (χ1v) is 7.92. The van der Waals surface area contributed by atoms with Gasteiger partial charge >= 0.3 is 5.97 Å². The number of H-pyrrole nitrogens is 1. The minimum Gasteiger partial charge on any atom is -0.508 e.